The van der Waals surface area contributed by atoms with Crippen molar-refractivity contribution in [1.29, 1.82) is 0 Å². The molecule has 0 fully saturated rings. The number of aliphatic carboxylic acids is 1. The molecule has 0 aliphatic carbocycles. The number of hydrogen-bond donors (Lipinski definition) is 0. The van der Waals surface area contributed by atoms with Crippen molar-refractivity contribution in [2.75, 3.05) is 0 Å². The van der Waals surface area contributed by atoms with Crippen LogP contribution >= 0.6 is 0 Å². The van der Waals surface area contributed by atoms with Crippen molar-refractivity contribution < 1.29 is 39.5 Å². The predicted octanol–water partition coefficient (Wildman–Crippen LogP) is 1.39. The Morgan fingerprint density at radius 3 is 1.75 bits per heavy atom. The van der Waals surface area contributed by atoms with Gasteiger partial charge in [-0.3, -0.25) is 0 Å². The summed E-state index contributed by atoms with van der Waals surface area (Å²) >= 11 is 0. The number of carboxylic acids is 1. The second-order valence-electron chi connectivity index (χ2n) is 5.35. The van der Waals surface area contributed by atoms with Crippen molar-refractivity contribution in [3.05, 3.63) is 12.2 Å². The van der Waals surface area contributed by atoms with Gasteiger partial charge in [-0.15, -0.1) is 0 Å². The molecule has 0 radical (unpaired) electrons. The van der Waals surface area contributed by atoms with Crippen molar-refractivity contribution in [2.45, 2.75) is 90.4 Å². The first kappa shape index (κ1) is 22.5. The first-order valence-corrected chi connectivity index (χ1v) is 8.12. The molecular weight excluding hydrogens is 259 g/mol. The molecule has 0 N–H and O–H groups in total. The summed E-state index contributed by atoms with van der Waals surface area (Å²) < 4.78 is 0. The summed E-state index contributed by atoms with van der Waals surface area (Å²) in [6.07, 6.45) is 19.4. The summed E-state index contributed by atoms with van der Waals surface area (Å²) in [5.74, 6) is -0.913. The van der Waals surface area contributed by atoms with E-state index in [1.807, 2.05) is 0 Å². The Balaban J connectivity index is 0. The summed E-state index contributed by atoms with van der Waals surface area (Å²) in [6.45, 7) is 2.24. The maximum absolute atomic E-state index is 10.2. The van der Waals surface area contributed by atoms with E-state index in [0.717, 1.165) is 19.3 Å². The smallest absolute Gasteiger partial charge is 0.550 e. The zero-order valence-corrected chi connectivity index (χ0v) is 15.7. The normalized spacial score (nSPS) is 10.7. The first-order valence-electron chi connectivity index (χ1n) is 8.12. The summed E-state index contributed by atoms with van der Waals surface area (Å²) in [4.78, 5) is 10.2. The van der Waals surface area contributed by atoms with E-state index < -0.39 is 5.97 Å². The predicted molar refractivity (Wildman–Crippen MR) is 79.8 cm³/mol. The van der Waals surface area contributed by atoms with Crippen LogP contribution in [-0.4, -0.2) is 5.97 Å². The van der Waals surface area contributed by atoms with Crippen molar-refractivity contribution >= 4 is 5.97 Å². The largest absolute Gasteiger partial charge is 1.00 e. The molecule has 0 heterocycles. The van der Waals surface area contributed by atoms with Gasteiger partial charge < -0.3 is 9.90 Å². The molecule has 0 saturated carbocycles. The Kier molecular flexibility index (Phi) is 21.6. The van der Waals surface area contributed by atoms with Crippen LogP contribution in [0.25, 0.3) is 0 Å². The van der Waals surface area contributed by atoms with Crippen molar-refractivity contribution in [1.82, 2.24) is 0 Å². The van der Waals surface area contributed by atoms with Crippen LogP contribution in [0.4, 0.5) is 0 Å². The minimum absolute atomic E-state index is 0. The average Bonchev–Trinajstić information content (AvgIpc) is 2.39. The van der Waals surface area contributed by atoms with Gasteiger partial charge in [-0.25, -0.2) is 0 Å². The molecule has 0 aromatic carbocycles. The number of carboxylic acid groups (broad SMARTS) is 1. The standard InChI is InChI=1S/C17H32O2.Na/c1-2-3-4-5-6-7-8-9-10-11-12-13-14-15-16-17(18)19;/h7-8H,2-6,9-16H2,1H3,(H,18,19);/q;+1/p-1. The van der Waals surface area contributed by atoms with Crippen LogP contribution < -0.4 is 34.7 Å². The van der Waals surface area contributed by atoms with Crippen molar-refractivity contribution in [3.63, 3.8) is 0 Å². The minimum Gasteiger partial charge on any atom is -0.550 e. The van der Waals surface area contributed by atoms with Gasteiger partial charge in [0.25, 0.3) is 0 Å². The molecule has 0 amide bonds. The quantitative estimate of drug-likeness (QED) is 0.275. The number of allylic oxidation sites excluding steroid dienone is 2. The number of rotatable bonds is 14. The molecule has 20 heavy (non-hydrogen) atoms. The average molecular weight is 290 g/mol. The van der Waals surface area contributed by atoms with Gasteiger partial charge in [0.15, 0.2) is 0 Å². The molecule has 2 nitrogen and oxygen atoms in total. The third-order valence-electron chi connectivity index (χ3n) is 3.39. The number of unbranched alkanes of at least 4 members (excludes halogenated alkanes) is 10. The van der Waals surface area contributed by atoms with Crippen LogP contribution in [0.1, 0.15) is 90.4 Å². The molecule has 0 unspecified atom stereocenters. The minimum atomic E-state index is -0.913. The summed E-state index contributed by atoms with van der Waals surface area (Å²) in [7, 11) is 0. The monoisotopic (exact) mass is 290 g/mol. The number of carbonyl (C=O) groups excluding carboxylic acids is 1. The molecule has 0 aliphatic rings. The van der Waals surface area contributed by atoms with Crippen LogP contribution in [-0.2, 0) is 4.79 Å². The van der Waals surface area contributed by atoms with E-state index in [9.17, 15) is 9.90 Å². The Morgan fingerprint density at radius 2 is 1.25 bits per heavy atom. The van der Waals surface area contributed by atoms with Crippen molar-refractivity contribution in [2.24, 2.45) is 0 Å². The maximum atomic E-state index is 10.2. The van der Waals surface area contributed by atoms with Gasteiger partial charge in [-0.05, 0) is 38.5 Å². The number of carbonyl (C=O) groups is 1. The van der Waals surface area contributed by atoms with Gasteiger partial charge >= 0.3 is 29.6 Å². The third-order valence-corrected chi connectivity index (χ3v) is 3.39. The summed E-state index contributed by atoms with van der Waals surface area (Å²) in [5.41, 5.74) is 0. The van der Waals surface area contributed by atoms with Gasteiger partial charge in [0, 0.05) is 5.97 Å². The molecule has 112 valence electrons. The van der Waals surface area contributed by atoms with E-state index in [0.29, 0.717) is 0 Å². The maximum Gasteiger partial charge on any atom is 1.00 e. The van der Waals surface area contributed by atoms with Crippen LogP contribution in [0.5, 0.6) is 0 Å². The van der Waals surface area contributed by atoms with E-state index in [1.54, 1.807) is 0 Å². The van der Waals surface area contributed by atoms with Crippen LogP contribution in [0.3, 0.4) is 0 Å². The van der Waals surface area contributed by atoms with Crippen LogP contribution in [0.2, 0.25) is 0 Å². The van der Waals surface area contributed by atoms with E-state index in [4.69, 9.17) is 0 Å². The van der Waals surface area contributed by atoms with Crippen molar-refractivity contribution in [3.8, 4) is 0 Å². The molecule has 0 bridgehead atoms. The van der Waals surface area contributed by atoms with E-state index in [-0.39, 0.29) is 36.0 Å². The fourth-order valence-electron chi connectivity index (χ4n) is 2.16. The molecule has 0 aromatic rings. The van der Waals surface area contributed by atoms with Gasteiger partial charge in [-0.2, -0.15) is 0 Å². The van der Waals surface area contributed by atoms with E-state index in [2.05, 4.69) is 19.1 Å². The second-order valence-corrected chi connectivity index (χ2v) is 5.35. The van der Waals surface area contributed by atoms with Gasteiger partial charge in [0.1, 0.15) is 0 Å². The van der Waals surface area contributed by atoms with Gasteiger partial charge in [0.2, 0.25) is 0 Å². The topological polar surface area (TPSA) is 40.1 Å². The van der Waals surface area contributed by atoms with Crippen LogP contribution in [0.15, 0.2) is 12.2 Å². The third kappa shape index (κ3) is 20.5. The molecule has 3 heteroatoms. The zero-order valence-electron chi connectivity index (χ0n) is 13.7. The SMILES string of the molecule is CCCCCCC=CCCCCCCCCC(=O)[O-].[Na+]. The molecule has 0 spiro atoms. The summed E-state index contributed by atoms with van der Waals surface area (Å²) in [6, 6.07) is 0. The molecular formula is C17H31NaO2. The Morgan fingerprint density at radius 1 is 0.800 bits per heavy atom. The molecule has 0 aliphatic heterocycles. The molecule has 0 rings (SSSR count). The van der Waals surface area contributed by atoms with Crippen LogP contribution in [0, 0.1) is 0 Å². The van der Waals surface area contributed by atoms with Gasteiger partial charge in [-0.1, -0.05) is 64.0 Å². The second kappa shape index (κ2) is 19.2. The van der Waals surface area contributed by atoms with Gasteiger partial charge in [0.05, 0.1) is 0 Å². The fraction of sp³-hybridized carbons (Fsp3) is 0.824. The first-order chi connectivity index (χ1) is 9.27. The molecule has 0 aromatic heterocycles. The molecule has 0 atom stereocenters. The zero-order chi connectivity index (χ0) is 14.2. The Hall–Kier alpha value is 0.210. The Labute approximate surface area is 147 Å². The summed E-state index contributed by atoms with van der Waals surface area (Å²) in [5, 5.41) is 10.2. The number of hydrogen-bond acceptors (Lipinski definition) is 2. The fourth-order valence-corrected chi connectivity index (χ4v) is 2.16. The van der Waals surface area contributed by atoms with E-state index >= 15 is 0 Å². The van der Waals surface area contributed by atoms with E-state index in [1.165, 1.54) is 57.8 Å². The molecule has 0 saturated heterocycles. The Bertz CT molecular complexity index is 227.